The highest BCUT2D eigenvalue weighted by Gasteiger charge is 2.36. The summed E-state index contributed by atoms with van der Waals surface area (Å²) in [5.41, 5.74) is 7.48. The average Bonchev–Trinajstić information content (AvgIpc) is 3.69. The van der Waals surface area contributed by atoms with E-state index in [9.17, 15) is 43.5 Å². The zero-order valence-electron chi connectivity index (χ0n) is 37.5. The number of H-pyrrole nitrogens is 1. The van der Waals surface area contributed by atoms with Crippen LogP contribution in [0.4, 0.5) is 0 Å². The van der Waals surface area contributed by atoms with Crippen LogP contribution in [-0.2, 0) is 55.9 Å². The fraction of sp³-hybridized carbons (Fsp3) is 0.532. The standard InChI is InChI=1S/C47H66N8O10/c1-3-4-5-6-7-8-9-10-14-21-40(58)51-35(22-23-39(48)57)43(60)55-42-30(2)65-47(64)37(26-31-17-12-11-13-18-31)53-45(62)38(29-56)54-44(61)36(52-41(59)24-25-49-46(42)63)27-32-28-50-34-20-16-15-19-33(32)34/h11-13,15-20,28,30,35-38,42,50,56H,3-10,14,21-27,29H2,1-2H3,(H2,48,57)(H,49,63)(H,51,58)(H,52,59)(H,53,62)(H,54,61)(H,55,60)/t30-,35-,36-,37-,38+,42+/m1/s1. The lowest BCUT2D eigenvalue weighted by molar-refractivity contribution is -0.156. The van der Waals surface area contributed by atoms with E-state index in [1.807, 2.05) is 24.3 Å². The van der Waals surface area contributed by atoms with Crippen molar-refractivity contribution >= 4 is 58.2 Å². The number of carbonyl (C=O) groups excluding carboxylic acids is 8. The van der Waals surface area contributed by atoms with Gasteiger partial charge in [0.15, 0.2) is 0 Å². The number of ether oxygens (including phenoxy) is 1. The molecule has 0 unspecified atom stereocenters. The number of hydrogen-bond acceptors (Lipinski definition) is 10. The second-order valence-corrected chi connectivity index (χ2v) is 16.6. The minimum atomic E-state index is -1.60. The minimum absolute atomic E-state index is 0.0189. The third-order valence-corrected chi connectivity index (χ3v) is 11.3. The van der Waals surface area contributed by atoms with E-state index >= 15 is 0 Å². The second-order valence-electron chi connectivity index (χ2n) is 16.6. The molecule has 10 N–H and O–H groups in total. The minimum Gasteiger partial charge on any atom is -0.458 e. The van der Waals surface area contributed by atoms with Gasteiger partial charge < -0.3 is 52.5 Å². The molecule has 1 aliphatic heterocycles. The average molecular weight is 903 g/mol. The summed E-state index contributed by atoms with van der Waals surface area (Å²) in [6.07, 6.45) is 8.88. The maximum atomic E-state index is 14.0. The number of hydrogen-bond donors (Lipinski definition) is 9. The van der Waals surface area contributed by atoms with Crippen molar-refractivity contribution in [1.29, 1.82) is 0 Å². The van der Waals surface area contributed by atoms with Crippen LogP contribution in [0.3, 0.4) is 0 Å². The molecule has 354 valence electrons. The molecule has 7 amide bonds. The normalized spacial score (nSPS) is 20.6. The van der Waals surface area contributed by atoms with Gasteiger partial charge in [-0.2, -0.15) is 0 Å². The fourth-order valence-corrected chi connectivity index (χ4v) is 7.59. The molecule has 1 aromatic heterocycles. The number of benzene rings is 2. The Balaban J connectivity index is 1.56. The van der Waals surface area contributed by atoms with Crippen molar-refractivity contribution < 1.29 is 48.2 Å². The molecule has 3 aromatic rings. The van der Waals surface area contributed by atoms with Crippen LogP contribution in [0.5, 0.6) is 0 Å². The summed E-state index contributed by atoms with van der Waals surface area (Å²) in [6.45, 7) is 2.36. The number of esters is 1. The molecule has 1 aliphatic rings. The van der Waals surface area contributed by atoms with Crippen LogP contribution >= 0.6 is 0 Å². The van der Waals surface area contributed by atoms with Crippen LogP contribution in [0.1, 0.15) is 108 Å². The van der Waals surface area contributed by atoms with E-state index in [4.69, 9.17) is 10.5 Å². The summed E-state index contributed by atoms with van der Waals surface area (Å²) in [6, 6.07) is 8.84. The number of carbonyl (C=O) groups is 8. The Morgan fingerprint density at radius 2 is 1.43 bits per heavy atom. The van der Waals surface area contributed by atoms with E-state index in [1.165, 1.54) is 32.6 Å². The number of nitrogens with one attached hydrogen (secondary N) is 7. The first-order chi connectivity index (χ1) is 31.3. The van der Waals surface area contributed by atoms with Crippen molar-refractivity contribution in [1.82, 2.24) is 36.9 Å². The maximum absolute atomic E-state index is 14.0. The predicted octanol–water partition coefficient (Wildman–Crippen LogP) is 2.01. The highest BCUT2D eigenvalue weighted by atomic mass is 16.5. The number of aromatic amines is 1. The molecule has 6 atom stereocenters. The smallest absolute Gasteiger partial charge is 0.329 e. The van der Waals surface area contributed by atoms with Gasteiger partial charge >= 0.3 is 5.97 Å². The lowest BCUT2D eigenvalue weighted by atomic mass is 10.0. The van der Waals surface area contributed by atoms with Crippen LogP contribution in [0.15, 0.2) is 60.8 Å². The molecule has 0 bridgehead atoms. The number of amides is 7. The van der Waals surface area contributed by atoms with Crippen LogP contribution < -0.4 is 37.6 Å². The molecule has 0 aliphatic carbocycles. The van der Waals surface area contributed by atoms with Crippen molar-refractivity contribution in [2.45, 2.75) is 146 Å². The number of unbranched alkanes of at least 4 members (excludes halogenated alkanes) is 8. The SMILES string of the molecule is CCCCCCCCCCCC(=O)N[C@H](CCC(N)=O)C(=O)N[C@@H]1C(=O)NCCC(=O)N[C@H](Cc2c[nH]c3ccccc23)C(=O)N[C@@H](CO)C(=O)N[C@H](Cc2ccccc2)C(=O)O[C@@H]1C. The molecule has 0 radical (unpaired) electrons. The van der Waals surface area contributed by atoms with Gasteiger partial charge in [-0.3, -0.25) is 33.6 Å². The van der Waals surface area contributed by atoms with Crippen LogP contribution in [0, 0.1) is 0 Å². The Hall–Kier alpha value is -6.30. The summed E-state index contributed by atoms with van der Waals surface area (Å²) in [5.74, 6) is -6.26. The predicted molar refractivity (Wildman–Crippen MR) is 242 cm³/mol. The Bertz CT molecular complexity index is 2060. The molecule has 65 heavy (non-hydrogen) atoms. The molecule has 0 spiro atoms. The first kappa shape index (κ1) is 51.3. The lowest BCUT2D eigenvalue weighted by Crippen LogP contribution is -2.59. The summed E-state index contributed by atoms with van der Waals surface area (Å²) in [5, 5.41) is 26.7. The van der Waals surface area contributed by atoms with Crippen LogP contribution in [0.2, 0.25) is 0 Å². The molecule has 2 aromatic carbocycles. The van der Waals surface area contributed by atoms with Gasteiger partial charge in [0, 0.05) is 55.7 Å². The molecular formula is C47H66N8O10. The van der Waals surface area contributed by atoms with E-state index in [1.54, 1.807) is 36.5 Å². The Kier molecular flexibility index (Phi) is 21.4. The molecular weight excluding hydrogens is 837 g/mol. The van der Waals surface area contributed by atoms with Crippen molar-refractivity contribution in [2.75, 3.05) is 13.2 Å². The fourth-order valence-electron chi connectivity index (χ4n) is 7.59. The number of primary amides is 1. The zero-order chi connectivity index (χ0) is 47.1. The molecule has 2 heterocycles. The van der Waals surface area contributed by atoms with Gasteiger partial charge in [0.25, 0.3) is 0 Å². The van der Waals surface area contributed by atoms with E-state index in [2.05, 4.69) is 43.8 Å². The van der Waals surface area contributed by atoms with Gasteiger partial charge in [-0.15, -0.1) is 0 Å². The van der Waals surface area contributed by atoms with Gasteiger partial charge in [0.05, 0.1) is 6.61 Å². The zero-order valence-corrected chi connectivity index (χ0v) is 37.5. The number of aromatic nitrogens is 1. The number of cyclic esters (lactones) is 1. The van der Waals surface area contributed by atoms with Crippen molar-refractivity contribution in [3.05, 3.63) is 71.9 Å². The number of fused-ring (bicyclic) bond motifs is 1. The third kappa shape index (κ3) is 17.3. The van der Waals surface area contributed by atoms with E-state index < -0.39 is 90.2 Å². The van der Waals surface area contributed by atoms with Crippen molar-refractivity contribution in [2.24, 2.45) is 5.73 Å². The van der Waals surface area contributed by atoms with Crippen LogP contribution in [0.25, 0.3) is 10.9 Å². The Morgan fingerprint density at radius 3 is 2.12 bits per heavy atom. The molecule has 1 fully saturated rings. The van der Waals surface area contributed by atoms with E-state index in [-0.39, 0.29) is 45.1 Å². The Morgan fingerprint density at radius 1 is 0.785 bits per heavy atom. The lowest BCUT2D eigenvalue weighted by Gasteiger charge is -2.28. The molecule has 18 heteroatoms. The quantitative estimate of drug-likeness (QED) is 0.0554. The summed E-state index contributed by atoms with van der Waals surface area (Å²) < 4.78 is 5.76. The number of aliphatic hydroxyl groups excluding tert-OH is 1. The highest BCUT2D eigenvalue weighted by Crippen LogP contribution is 2.20. The van der Waals surface area contributed by atoms with Crippen molar-refractivity contribution in [3.8, 4) is 0 Å². The number of nitrogens with two attached hydrogens (primary N) is 1. The largest absolute Gasteiger partial charge is 0.458 e. The topological polar surface area (TPSA) is 280 Å². The first-order valence-corrected chi connectivity index (χ1v) is 22.8. The van der Waals surface area contributed by atoms with E-state index in [0.29, 0.717) is 17.5 Å². The van der Waals surface area contributed by atoms with Crippen molar-refractivity contribution in [3.63, 3.8) is 0 Å². The molecule has 18 nitrogen and oxygen atoms in total. The van der Waals surface area contributed by atoms with Gasteiger partial charge in [-0.1, -0.05) is 107 Å². The molecule has 0 saturated carbocycles. The Labute approximate surface area is 379 Å². The summed E-state index contributed by atoms with van der Waals surface area (Å²) >= 11 is 0. The van der Waals surface area contributed by atoms with Gasteiger partial charge in [-0.05, 0) is 37.0 Å². The molecule has 4 rings (SSSR count). The first-order valence-electron chi connectivity index (χ1n) is 22.8. The second kappa shape index (κ2) is 27.1. The molecule has 1 saturated heterocycles. The third-order valence-electron chi connectivity index (χ3n) is 11.3. The van der Waals surface area contributed by atoms with Gasteiger partial charge in [0.2, 0.25) is 41.4 Å². The maximum Gasteiger partial charge on any atom is 0.329 e. The number of para-hydroxylation sites is 1. The highest BCUT2D eigenvalue weighted by molar-refractivity contribution is 5.96. The summed E-state index contributed by atoms with van der Waals surface area (Å²) in [4.78, 5) is 111. The van der Waals surface area contributed by atoms with Gasteiger partial charge in [0.1, 0.15) is 36.3 Å². The van der Waals surface area contributed by atoms with E-state index in [0.717, 1.165) is 36.6 Å². The summed E-state index contributed by atoms with van der Waals surface area (Å²) in [7, 11) is 0. The van der Waals surface area contributed by atoms with Crippen LogP contribution in [-0.4, -0.2) is 107 Å². The van der Waals surface area contributed by atoms with Gasteiger partial charge in [-0.25, -0.2) is 4.79 Å². The number of rotatable bonds is 21. The number of aliphatic hydroxyl groups is 1. The monoisotopic (exact) mass is 902 g/mol.